The molecule has 1 aromatic rings. The highest BCUT2D eigenvalue weighted by atomic mass is 79.9. The van der Waals surface area contributed by atoms with Gasteiger partial charge in [0.05, 0.1) is 0 Å². The number of rotatable bonds is 6. The lowest BCUT2D eigenvalue weighted by molar-refractivity contribution is -0.139. The van der Waals surface area contributed by atoms with Crippen molar-refractivity contribution >= 4 is 33.6 Å². The minimum absolute atomic E-state index is 0.219. The number of amides is 1. The number of carboxylic acid groups (broad SMARTS) is 1. The molecule has 1 saturated carbocycles. The van der Waals surface area contributed by atoms with Crippen molar-refractivity contribution in [1.29, 1.82) is 0 Å². The van der Waals surface area contributed by atoms with Crippen LogP contribution in [0.4, 0.5) is 4.79 Å². The van der Waals surface area contributed by atoms with Crippen LogP contribution in [0.15, 0.2) is 34.8 Å². The summed E-state index contributed by atoms with van der Waals surface area (Å²) < 4.78 is 6.19. The molecule has 1 amide bonds. The molecule has 0 unspecified atom stereocenters. The van der Waals surface area contributed by atoms with Crippen molar-refractivity contribution in [3.63, 3.8) is 0 Å². The molecule has 1 atom stereocenters. The fourth-order valence-corrected chi connectivity index (χ4v) is 3.58. The fourth-order valence-electron chi connectivity index (χ4n) is 3.32. The maximum atomic E-state index is 12.0. The molecule has 27 heavy (non-hydrogen) atoms. The topological polar surface area (TPSA) is 75.6 Å². The third-order valence-corrected chi connectivity index (χ3v) is 5.06. The minimum atomic E-state index is -1.07. The van der Waals surface area contributed by atoms with Crippen LogP contribution in [0, 0.1) is 5.92 Å². The van der Waals surface area contributed by atoms with E-state index in [1.807, 2.05) is 30.3 Å². The van der Waals surface area contributed by atoms with E-state index in [0.29, 0.717) is 5.92 Å². The Hall–Kier alpha value is -1.82. The Labute approximate surface area is 169 Å². The van der Waals surface area contributed by atoms with Gasteiger partial charge in [0.25, 0.3) is 0 Å². The largest absolute Gasteiger partial charge is 0.480 e. The van der Waals surface area contributed by atoms with Crippen molar-refractivity contribution in [3.05, 3.63) is 40.4 Å². The average Bonchev–Trinajstić information content (AvgIpc) is 3.08. The Bertz CT molecular complexity index is 685. The number of carbonyl (C=O) groups is 2. The van der Waals surface area contributed by atoms with Gasteiger partial charge in [0.1, 0.15) is 11.6 Å². The number of alkyl carbamates (subject to hydrolysis) is 1. The molecule has 2 rings (SSSR count). The van der Waals surface area contributed by atoms with Crippen LogP contribution in [0.5, 0.6) is 0 Å². The van der Waals surface area contributed by atoms with E-state index in [4.69, 9.17) is 4.74 Å². The molecule has 0 heterocycles. The maximum Gasteiger partial charge on any atom is 0.408 e. The Morgan fingerprint density at radius 1 is 1.26 bits per heavy atom. The van der Waals surface area contributed by atoms with Gasteiger partial charge < -0.3 is 15.2 Å². The van der Waals surface area contributed by atoms with E-state index in [0.717, 1.165) is 28.5 Å². The quantitative estimate of drug-likeness (QED) is 0.625. The molecule has 1 fully saturated rings. The number of allylic oxidation sites excluding steroid dienone is 1. The summed E-state index contributed by atoms with van der Waals surface area (Å²) in [5, 5.41) is 12.0. The zero-order valence-corrected chi connectivity index (χ0v) is 17.7. The minimum Gasteiger partial charge on any atom is -0.480 e. The first-order chi connectivity index (χ1) is 12.7. The molecule has 1 aromatic carbocycles. The molecule has 0 bridgehead atoms. The van der Waals surface area contributed by atoms with Crippen LogP contribution in [0.2, 0.25) is 0 Å². The van der Waals surface area contributed by atoms with Crippen LogP contribution in [0.1, 0.15) is 58.4 Å². The first-order valence-corrected chi connectivity index (χ1v) is 10.1. The summed E-state index contributed by atoms with van der Waals surface area (Å²) in [6.07, 6.45) is 6.08. The lowest BCUT2D eigenvalue weighted by Gasteiger charge is -2.22. The monoisotopic (exact) mass is 437 g/mol. The molecule has 0 aromatic heterocycles. The second-order valence-corrected chi connectivity index (χ2v) is 8.84. The van der Waals surface area contributed by atoms with Gasteiger partial charge in [-0.05, 0) is 69.2 Å². The first-order valence-electron chi connectivity index (χ1n) is 9.34. The number of benzene rings is 1. The lowest BCUT2D eigenvalue weighted by Crippen LogP contribution is -2.43. The summed E-state index contributed by atoms with van der Waals surface area (Å²) in [4.78, 5) is 23.6. The van der Waals surface area contributed by atoms with Gasteiger partial charge in [-0.25, -0.2) is 9.59 Å². The molecule has 0 saturated heterocycles. The van der Waals surface area contributed by atoms with Crippen molar-refractivity contribution < 1.29 is 19.4 Å². The highest BCUT2D eigenvalue weighted by Gasteiger charge is 2.25. The number of halogens is 1. The number of nitrogens with one attached hydrogen (secondary N) is 1. The normalized spacial score (nSPS) is 16.8. The molecule has 6 heteroatoms. The third-order valence-electron chi connectivity index (χ3n) is 4.54. The van der Waals surface area contributed by atoms with Gasteiger partial charge in [0.2, 0.25) is 0 Å². The highest BCUT2D eigenvalue weighted by molar-refractivity contribution is 9.10. The molecular formula is C21H28BrNO4. The standard InChI is InChI=1S/C21H28BrNO4/c1-21(2,3)27-20(26)23-18(19(24)25)13-12-17(14-6-4-5-7-14)15-8-10-16(22)11-9-15/h8-12,14,18H,4-7,13H2,1-3H3,(H,23,26)(H,24,25)/b17-12+/t18-/m0/s1. The fraction of sp³-hybridized carbons (Fsp3) is 0.524. The molecule has 0 spiro atoms. The second kappa shape index (κ2) is 9.40. The van der Waals surface area contributed by atoms with Gasteiger partial charge in [0, 0.05) is 4.47 Å². The number of carbonyl (C=O) groups excluding carboxylic acids is 1. The van der Waals surface area contributed by atoms with Gasteiger partial charge in [0.15, 0.2) is 0 Å². The van der Waals surface area contributed by atoms with E-state index < -0.39 is 23.7 Å². The summed E-state index contributed by atoms with van der Waals surface area (Å²) in [5.74, 6) is -0.638. The Morgan fingerprint density at radius 2 is 1.85 bits per heavy atom. The highest BCUT2D eigenvalue weighted by Crippen LogP contribution is 2.37. The second-order valence-electron chi connectivity index (χ2n) is 7.92. The van der Waals surface area contributed by atoms with E-state index in [2.05, 4.69) is 21.2 Å². The molecule has 2 N–H and O–H groups in total. The van der Waals surface area contributed by atoms with Gasteiger partial charge in [-0.3, -0.25) is 0 Å². The van der Waals surface area contributed by atoms with Crippen molar-refractivity contribution in [2.45, 2.75) is 64.5 Å². The van der Waals surface area contributed by atoms with E-state index in [-0.39, 0.29) is 6.42 Å². The predicted molar refractivity (Wildman–Crippen MR) is 109 cm³/mol. The van der Waals surface area contributed by atoms with E-state index in [1.165, 1.54) is 12.8 Å². The summed E-state index contributed by atoms with van der Waals surface area (Å²) in [5.41, 5.74) is 1.60. The zero-order chi connectivity index (χ0) is 20.0. The van der Waals surface area contributed by atoms with Crippen molar-refractivity contribution in [1.82, 2.24) is 5.32 Å². The Kier molecular flexibility index (Phi) is 7.48. The number of ether oxygens (including phenoxy) is 1. The van der Waals surface area contributed by atoms with Gasteiger partial charge in [-0.2, -0.15) is 0 Å². The Balaban J connectivity index is 2.16. The summed E-state index contributed by atoms with van der Waals surface area (Å²) in [7, 11) is 0. The van der Waals surface area contributed by atoms with Crippen LogP contribution >= 0.6 is 15.9 Å². The van der Waals surface area contributed by atoms with Crippen LogP contribution in [-0.2, 0) is 9.53 Å². The SMILES string of the molecule is CC(C)(C)OC(=O)N[C@@H](C/C=C(/c1ccc(Br)cc1)C1CCCC1)C(=O)O. The summed E-state index contributed by atoms with van der Waals surface area (Å²) in [6.45, 7) is 5.23. The Morgan fingerprint density at radius 3 is 2.37 bits per heavy atom. The summed E-state index contributed by atoms with van der Waals surface area (Å²) >= 11 is 3.45. The van der Waals surface area contributed by atoms with E-state index in [1.54, 1.807) is 20.8 Å². The third kappa shape index (κ3) is 7.01. The summed E-state index contributed by atoms with van der Waals surface area (Å²) in [6, 6.07) is 7.06. The molecule has 0 radical (unpaired) electrons. The van der Waals surface area contributed by atoms with Crippen LogP contribution in [-0.4, -0.2) is 28.8 Å². The molecule has 1 aliphatic carbocycles. The predicted octanol–water partition coefficient (Wildman–Crippen LogP) is 5.39. The lowest BCUT2D eigenvalue weighted by atomic mass is 9.89. The number of hydrogen-bond acceptors (Lipinski definition) is 3. The van der Waals surface area contributed by atoms with Crippen molar-refractivity contribution in [2.24, 2.45) is 5.92 Å². The van der Waals surface area contributed by atoms with Gasteiger partial charge in [-0.1, -0.05) is 47.0 Å². The van der Waals surface area contributed by atoms with Crippen molar-refractivity contribution in [2.75, 3.05) is 0 Å². The smallest absolute Gasteiger partial charge is 0.408 e. The van der Waals surface area contributed by atoms with E-state index >= 15 is 0 Å². The molecular weight excluding hydrogens is 410 g/mol. The first kappa shape index (κ1) is 21.5. The molecule has 5 nitrogen and oxygen atoms in total. The number of carboxylic acids is 1. The van der Waals surface area contributed by atoms with Crippen molar-refractivity contribution in [3.8, 4) is 0 Å². The number of hydrogen-bond donors (Lipinski definition) is 2. The van der Waals surface area contributed by atoms with Crippen LogP contribution < -0.4 is 5.32 Å². The number of aliphatic carboxylic acids is 1. The maximum absolute atomic E-state index is 12.0. The van der Waals surface area contributed by atoms with E-state index in [9.17, 15) is 14.7 Å². The average molecular weight is 438 g/mol. The molecule has 1 aliphatic rings. The van der Waals surface area contributed by atoms with Gasteiger partial charge in [-0.15, -0.1) is 0 Å². The van der Waals surface area contributed by atoms with Crippen LogP contribution in [0.3, 0.4) is 0 Å². The molecule has 148 valence electrons. The molecule has 0 aliphatic heterocycles. The zero-order valence-electron chi connectivity index (χ0n) is 16.1. The van der Waals surface area contributed by atoms with Gasteiger partial charge >= 0.3 is 12.1 Å². The van der Waals surface area contributed by atoms with Crippen LogP contribution in [0.25, 0.3) is 5.57 Å².